The molecule has 4 rings (SSSR count). The third-order valence-corrected chi connectivity index (χ3v) is 6.65. The summed E-state index contributed by atoms with van der Waals surface area (Å²) in [6, 6.07) is 12.6. The van der Waals surface area contributed by atoms with Crippen molar-refractivity contribution in [2.24, 2.45) is 0 Å². The van der Waals surface area contributed by atoms with Crippen LogP contribution in [0, 0.1) is 0 Å². The number of benzene rings is 1. The summed E-state index contributed by atoms with van der Waals surface area (Å²) in [4.78, 5) is 26.7. The minimum atomic E-state index is -2.49. The Kier molecular flexibility index (Phi) is 9.91. The topological polar surface area (TPSA) is 103 Å². The van der Waals surface area contributed by atoms with Gasteiger partial charge in [0.15, 0.2) is 0 Å². The Hall–Kier alpha value is -3.66. The molecule has 3 aromatic rings. The first kappa shape index (κ1) is 27.4. The van der Waals surface area contributed by atoms with Crippen molar-refractivity contribution in [3.05, 3.63) is 66.2 Å². The maximum atomic E-state index is 13.3. The molecule has 2 aromatic heterocycles. The van der Waals surface area contributed by atoms with Crippen LogP contribution in [0.1, 0.15) is 36.9 Å². The van der Waals surface area contributed by atoms with E-state index >= 15 is 0 Å². The van der Waals surface area contributed by atoms with E-state index in [4.69, 9.17) is 4.98 Å². The molecule has 0 unspecified atom stereocenters. The number of rotatable bonds is 14. The van der Waals surface area contributed by atoms with Gasteiger partial charge < -0.3 is 15.7 Å². The van der Waals surface area contributed by atoms with Crippen molar-refractivity contribution in [2.45, 2.75) is 51.0 Å². The normalized spacial score (nSPS) is 13.7. The van der Waals surface area contributed by atoms with E-state index in [-0.39, 0.29) is 13.0 Å². The lowest BCUT2D eigenvalue weighted by Crippen LogP contribution is -2.37. The van der Waals surface area contributed by atoms with Gasteiger partial charge in [0, 0.05) is 30.5 Å². The van der Waals surface area contributed by atoms with E-state index in [1.165, 1.54) is 11.9 Å². The van der Waals surface area contributed by atoms with Gasteiger partial charge in [-0.1, -0.05) is 36.4 Å². The Morgan fingerprint density at radius 2 is 1.97 bits per heavy atom. The van der Waals surface area contributed by atoms with E-state index in [0.29, 0.717) is 24.3 Å². The summed E-state index contributed by atoms with van der Waals surface area (Å²) in [5, 5.41) is 16.2. The maximum Gasteiger partial charge on any atom is 0.326 e. The number of fused-ring (bicyclic) bond motifs is 1. The molecule has 0 saturated carbocycles. The molecule has 0 aliphatic carbocycles. The van der Waals surface area contributed by atoms with Crippen LogP contribution >= 0.6 is 0 Å². The summed E-state index contributed by atoms with van der Waals surface area (Å²) in [5.41, 5.74) is 3.76. The first-order valence-electron chi connectivity index (χ1n) is 13.1. The maximum absolute atomic E-state index is 13.3. The average Bonchev–Trinajstić information content (AvgIpc) is 2.93. The number of pyridine rings is 1. The molecule has 8 nitrogen and oxygen atoms in total. The molecule has 1 aromatic carbocycles. The predicted molar refractivity (Wildman–Crippen MR) is 144 cm³/mol. The molecule has 1 atom stereocenters. The number of aliphatic carboxylic acids is 1. The summed E-state index contributed by atoms with van der Waals surface area (Å²) in [6.45, 7) is 1.23. The molecule has 3 heterocycles. The molecule has 0 bridgehead atoms. The Morgan fingerprint density at radius 3 is 2.76 bits per heavy atom. The van der Waals surface area contributed by atoms with Gasteiger partial charge >= 0.3 is 5.97 Å². The zero-order valence-corrected chi connectivity index (χ0v) is 21.3. The van der Waals surface area contributed by atoms with Gasteiger partial charge in [-0.15, -0.1) is 0 Å². The highest BCUT2D eigenvalue weighted by atomic mass is 19.3. The van der Waals surface area contributed by atoms with Crippen molar-refractivity contribution in [1.29, 1.82) is 0 Å². The smallest absolute Gasteiger partial charge is 0.326 e. The van der Waals surface area contributed by atoms with E-state index in [9.17, 15) is 18.7 Å². The monoisotopic (exact) mass is 524 g/mol. The van der Waals surface area contributed by atoms with Gasteiger partial charge in [0.05, 0.1) is 6.54 Å². The summed E-state index contributed by atoms with van der Waals surface area (Å²) in [6.07, 6.45) is 5.08. The van der Waals surface area contributed by atoms with Crippen LogP contribution in [0.3, 0.4) is 0 Å². The lowest BCUT2D eigenvalue weighted by molar-refractivity contribution is -0.138. The zero-order valence-electron chi connectivity index (χ0n) is 21.3. The number of anilines is 2. The Balaban J connectivity index is 1.31. The molecular formula is C28H34F2N6O2. The number of halogens is 2. The van der Waals surface area contributed by atoms with Crippen LogP contribution in [0.5, 0.6) is 0 Å². The molecule has 38 heavy (non-hydrogen) atoms. The molecule has 0 spiro atoms. The fraction of sp³-hybridized carbons (Fsp3) is 0.429. The molecule has 0 fully saturated rings. The largest absolute Gasteiger partial charge is 0.480 e. The standard InChI is InChI=1S/C28H34F2N6O2/c29-25(30)18-36(15-5-4-10-22-12-11-21-9-6-14-32-26(21)34-22)16-13-24(28(37)38)35-27-23(17-31-19-33-27)20-7-2-1-3-8-20/h1-3,7-8,11-12,17,19,24-25H,4-6,9-10,13-16,18H2,(H,32,34)(H,37,38)(H,31,33,35)/t24-/m0/s1. The van der Waals surface area contributed by atoms with Crippen molar-refractivity contribution in [2.75, 3.05) is 36.8 Å². The molecule has 0 saturated heterocycles. The van der Waals surface area contributed by atoms with E-state index in [0.717, 1.165) is 49.3 Å². The molecule has 1 aliphatic heterocycles. The van der Waals surface area contributed by atoms with E-state index in [2.05, 4.69) is 26.7 Å². The van der Waals surface area contributed by atoms with Gasteiger partial charge in [-0.25, -0.2) is 28.5 Å². The van der Waals surface area contributed by atoms with Crippen molar-refractivity contribution in [1.82, 2.24) is 19.9 Å². The number of nitrogens with zero attached hydrogens (tertiary/aromatic N) is 4. The van der Waals surface area contributed by atoms with E-state index < -0.39 is 25.0 Å². The molecule has 202 valence electrons. The zero-order chi connectivity index (χ0) is 26.7. The number of aromatic nitrogens is 3. The second-order valence-corrected chi connectivity index (χ2v) is 9.46. The van der Waals surface area contributed by atoms with Crippen molar-refractivity contribution < 1.29 is 18.7 Å². The molecular weight excluding hydrogens is 490 g/mol. The Bertz CT molecular complexity index is 1180. The van der Waals surface area contributed by atoms with Gasteiger partial charge in [0.2, 0.25) is 0 Å². The molecule has 10 heteroatoms. The number of carbonyl (C=O) groups is 1. The summed E-state index contributed by atoms with van der Waals surface area (Å²) < 4.78 is 26.6. The summed E-state index contributed by atoms with van der Waals surface area (Å²) in [7, 11) is 0. The van der Waals surface area contributed by atoms with Crippen molar-refractivity contribution >= 4 is 17.6 Å². The van der Waals surface area contributed by atoms with Crippen LogP contribution in [0.15, 0.2) is 55.0 Å². The number of hydrogen-bond donors (Lipinski definition) is 3. The van der Waals surface area contributed by atoms with Crippen LogP contribution in [0.4, 0.5) is 20.4 Å². The highest BCUT2D eigenvalue weighted by molar-refractivity contribution is 5.81. The number of aryl methyl sites for hydroxylation is 2. The second-order valence-electron chi connectivity index (χ2n) is 9.46. The van der Waals surface area contributed by atoms with Crippen LogP contribution in [-0.4, -0.2) is 69.6 Å². The number of unbranched alkanes of at least 4 members (excludes halogenated alkanes) is 1. The third-order valence-electron chi connectivity index (χ3n) is 6.65. The van der Waals surface area contributed by atoms with Crippen LogP contribution < -0.4 is 10.6 Å². The Labute approximate surface area is 221 Å². The van der Waals surface area contributed by atoms with Crippen molar-refractivity contribution in [3.63, 3.8) is 0 Å². The van der Waals surface area contributed by atoms with Crippen LogP contribution in [0.2, 0.25) is 0 Å². The van der Waals surface area contributed by atoms with Gasteiger partial charge in [-0.05, 0) is 62.3 Å². The van der Waals surface area contributed by atoms with E-state index in [1.54, 1.807) is 11.1 Å². The van der Waals surface area contributed by atoms with Crippen molar-refractivity contribution in [3.8, 4) is 11.1 Å². The SMILES string of the molecule is O=C(O)[C@H](CCN(CCCCc1ccc2c(n1)NCCC2)CC(F)F)Nc1ncncc1-c1ccccc1. The number of nitrogens with one attached hydrogen (secondary N) is 2. The molecule has 3 N–H and O–H groups in total. The van der Waals surface area contributed by atoms with Gasteiger partial charge in [-0.2, -0.15) is 0 Å². The predicted octanol–water partition coefficient (Wildman–Crippen LogP) is 4.74. The van der Waals surface area contributed by atoms with Gasteiger partial charge in [0.25, 0.3) is 6.43 Å². The van der Waals surface area contributed by atoms with Gasteiger partial charge in [-0.3, -0.25) is 4.90 Å². The average molecular weight is 525 g/mol. The number of carboxylic acids is 1. The minimum Gasteiger partial charge on any atom is -0.480 e. The lowest BCUT2D eigenvalue weighted by atomic mass is 10.1. The first-order valence-corrected chi connectivity index (χ1v) is 13.1. The Morgan fingerprint density at radius 1 is 1.13 bits per heavy atom. The van der Waals surface area contributed by atoms with E-state index in [1.807, 2.05) is 36.4 Å². The fourth-order valence-corrected chi connectivity index (χ4v) is 4.65. The highest BCUT2D eigenvalue weighted by Crippen LogP contribution is 2.26. The minimum absolute atomic E-state index is 0.151. The summed E-state index contributed by atoms with van der Waals surface area (Å²) >= 11 is 0. The van der Waals surface area contributed by atoms with Crippen LogP contribution in [-0.2, 0) is 17.6 Å². The third kappa shape index (κ3) is 7.92. The summed E-state index contributed by atoms with van der Waals surface area (Å²) in [5.74, 6) is 0.289. The second kappa shape index (κ2) is 13.8. The number of hydrogen-bond acceptors (Lipinski definition) is 7. The van der Waals surface area contributed by atoms with Gasteiger partial charge in [0.1, 0.15) is 24.0 Å². The molecule has 0 amide bonds. The fourth-order valence-electron chi connectivity index (χ4n) is 4.65. The molecule has 1 aliphatic rings. The lowest BCUT2D eigenvalue weighted by Gasteiger charge is -2.24. The highest BCUT2D eigenvalue weighted by Gasteiger charge is 2.22. The number of carboxylic acid groups (broad SMARTS) is 1. The van der Waals surface area contributed by atoms with Crippen LogP contribution in [0.25, 0.3) is 11.1 Å². The molecule has 0 radical (unpaired) electrons. The first-order chi connectivity index (χ1) is 18.5. The number of alkyl halides is 2. The quantitative estimate of drug-likeness (QED) is 0.260.